The second kappa shape index (κ2) is 11.1. The van der Waals surface area contributed by atoms with E-state index in [0.717, 1.165) is 31.2 Å². The number of hydrogen-bond donors (Lipinski definition) is 0. The molecule has 168 valence electrons. The van der Waals surface area contributed by atoms with E-state index in [1.54, 1.807) is 34.3 Å². The highest BCUT2D eigenvalue weighted by Gasteiger charge is 2.29. The Kier molecular flexibility index (Phi) is 8.27. The van der Waals surface area contributed by atoms with Crippen LogP contribution in [0.2, 0.25) is 0 Å². The van der Waals surface area contributed by atoms with Gasteiger partial charge in [-0.1, -0.05) is 45.2 Å². The molecule has 0 bridgehead atoms. The van der Waals surface area contributed by atoms with Crippen LogP contribution in [0.5, 0.6) is 0 Å². The fourth-order valence-corrected chi connectivity index (χ4v) is 4.18. The SMILES string of the molecule is CC(C)CN(CC(=O)N(Cc1ccc(F)cc1)Cc1ccco1)C(=O)C1CCCCC1. The highest BCUT2D eigenvalue weighted by molar-refractivity contribution is 5.86. The third-order valence-corrected chi connectivity index (χ3v) is 5.74. The van der Waals surface area contributed by atoms with Crippen molar-refractivity contribution in [2.45, 2.75) is 59.0 Å². The van der Waals surface area contributed by atoms with Gasteiger partial charge in [-0.3, -0.25) is 9.59 Å². The molecule has 1 saturated carbocycles. The maximum absolute atomic E-state index is 13.3. The zero-order chi connectivity index (χ0) is 22.2. The number of rotatable bonds is 9. The molecule has 0 aliphatic heterocycles. The van der Waals surface area contributed by atoms with Crippen molar-refractivity contribution in [3.63, 3.8) is 0 Å². The largest absolute Gasteiger partial charge is 0.467 e. The van der Waals surface area contributed by atoms with Crippen molar-refractivity contribution in [2.75, 3.05) is 13.1 Å². The Morgan fingerprint density at radius 2 is 1.74 bits per heavy atom. The van der Waals surface area contributed by atoms with E-state index in [1.807, 2.05) is 6.07 Å². The first-order valence-corrected chi connectivity index (χ1v) is 11.3. The lowest BCUT2D eigenvalue weighted by Gasteiger charge is -2.32. The molecular weight excluding hydrogens is 395 g/mol. The van der Waals surface area contributed by atoms with E-state index in [2.05, 4.69) is 13.8 Å². The first-order valence-electron chi connectivity index (χ1n) is 11.3. The summed E-state index contributed by atoms with van der Waals surface area (Å²) < 4.78 is 18.8. The van der Waals surface area contributed by atoms with Crippen LogP contribution in [0.1, 0.15) is 57.3 Å². The summed E-state index contributed by atoms with van der Waals surface area (Å²) >= 11 is 0. The smallest absolute Gasteiger partial charge is 0.242 e. The number of benzene rings is 1. The maximum atomic E-state index is 13.3. The number of furan rings is 1. The molecule has 5 nitrogen and oxygen atoms in total. The second-order valence-corrected chi connectivity index (χ2v) is 8.90. The van der Waals surface area contributed by atoms with Gasteiger partial charge in [0.15, 0.2) is 0 Å². The normalized spacial score (nSPS) is 14.6. The van der Waals surface area contributed by atoms with E-state index in [4.69, 9.17) is 4.42 Å². The Morgan fingerprint density at radius 1 is 1.03 bits per heavy atom. The van der Waals surface area contributed by atoms with Crippen LogP contribution in [0.15, 0.2) is 47.1 Å². The summed E-state index contributed by atoms with van der Waals surface area (Å²) in [6, 6.07) is 9.75. The molecule has 1 fully saturated rings. The minimum absolute atomic E-state index is 0.0240. The lowest BCUT2D eigenvalue weighted by Crippen LogP contribution is -2.46. The Hall–Kier alpha value is -2.63. The summed E-state index contributed by atoms with van der Waals surface area (Å²) in [6.07, 6.45) is 6.74. The molecule has 31 heavy (non-hydrogen) atoms. The maximum Gasteiger partial charge on any atom is 0.242 e. The standard InChI is InChI=1S/C25H33FN2O3/c1-19(2)15-28(25(30)21-7-4-3-5-8-21)18-24(29)27(17-23-9-6-14-31-23)16-20-10-12-22(26)13-11-20/h6,9-14,19,21H,3-5,7-8,15-18H2,1-2H3. The van der Waals surface area contributed by atoms with Crippen LogP contribution in [-0.2, 0) is 22.7 Å². The minimum Gasteiger partial charge on any atom is -0.467 e. The molecule has 1 aliphatic carbocycles. The first-order chi connectivity index (χ1) is 14.9. The van der Waals surface area contributed by atoms with Crippen LogP contribution in [-0.4, -0.2) is 34.7 Å². The highest BCUT2D eigenvalue weighted by Crippen LogP contribution is 2.26. The lowest BCUT2D eigenvalue weighted by atomic mass is 9.88. The third-order valence-electron chi connectivity index (χ3n) is 5.74. The summed E-state index contributed by atoms with van der Waals surface area (Å²) in [7, 11) is 0. The van der Waals surface area contributed by atoms with Gasteiger partial charge in [0.05, 0.1) is 19.4 Å². The van der Waals surface area contributed by atoms with E-state index in [-0.39, 0.29) is 36.0 Å². The molecule has 3 rings (SSSR count). The summed E-state index contributed by atoms with van der Waals surface area (Å²) in [5, 5.41) is 0. The van der Waals surface area contributed by atoms with Gasteiger partial charge in [-0.05, 0) is 48.6 Å². The van der Waals surface area contributed by atoms with E-state index in [9.17, 15) is 14.0 Å². The summed E-state index contributed by atoms with van der Waals surface area (Å²) in [5.41, 5.74) is 0.829. The Balaban J connectivity index is 1.74. The molecule has 2 amide bonds. The molecule has 0 spiro atoms. The topological polar surface area (TPSA) is 53.8 Å². The summed E-state index contributed by atoms with van der Waals surface area (Å²) in [6.45, 7) is 5.36. The average molecular weight is 429 g/mol. The van der Waals surface area contributed by atoms with Crippen molar-refractivity contribution in [2.24, 2.45) is 11.8 Å². The fraction of sp³-hybridized carbons (Fsp3) is 0.520. The van der Waals surface area contributed by atoms with Crippen molar-refractivity contribution >= 4 is 11.8 Å². The van der Waals surface area contributed by atoms with Crippen molar-refractivity contribution in [1.82, 2.24) is 9.80 Å². The Morgan fingerprint density at radius 3 is 2.35 bits per heavy atom. The fourth-order valence-electron chi connectivity index (χ4n) is 4.18. The lowest BCUT2D eigenvalue weighted by molar-refractivity contribution is -0.144. The molecule has 0 N–H and O–H groups in total. The highest BCUT2D eigenvalue weighted by atomic mass is 19.1. The number of carbonyl (C=O) groups excluding carboxylic acids is 2. The van der Waals surface area contributed by atoms with Gasteiger partial charge in [-0.25, -0.2) is 4.39 Å². The van der Waals surface area contributed by atoms with Crippen LogP contribution in [0.3, 0.4) is 0 Å². The van der Waals surface area contributed by atoms with Crippen molar-refractivity contribution in [1.29, 1.82) is 0 Å². The molecule has 0 radical (unpaired) electrons. The molecule has 0 saturated heterocycles. The van der Waals surface area contributed by atoms with Gasteiger partial charge < -0.3 is 14.2 Å². The first kappa shape index (κ1) is 23.0. The van der Waals surface area contributed by atoms with Crippen LogP contribution in [0.25, 0.3) is 0 Å². The number of nitrogens with zero attached hydrogens (tertiary/aromatic N) is 2. The van der Waals surface area contributed by atoms with Gasteiger partial charge in [-0.2, -0.15) is 0 Å². The zero-order valence-corrected chi connectivity index (χ0v) is 18.6. The molecular formula is C25H33FN2O3. The number of carbonyl (C=O) groups is 2. The van der Waals surface area contributed by atoms with Gasteiger partial charge in [0.1, 0.15) is 11.6 Å². The van der Waals surface area contributed by atoms with Gasteiger partial charge >= 0.3 is 0 Å². The minimum atomic E-state index is -0.311. The number of amides is 2. The van der Waals surface area contributed by atoms with Gasteiger partial charge in [0, 0.05) is 19.0 Å². The molecule has 2 aromatic rings. The predicted molar refractivity (Wildman–Crippen MR) is 117 cm³/mol. The molecule has 6 heteroatoms. The van der Waals surface area contributed by atoms with E-state index in [1.165, 1.54) is 18.6 Å². The number of halogens is 1. The van der Waals surface area contributed by atoms with E-state index < -0.39 is 0 Å². The van der Waals surface area contributed by atoms with Crippen molar-refractivity contribution in [3.8, 4) is 0 Å². The summed E-state index contributed by atoms with van der Waals surface area (Å²) in [4.78, 5) is 29.9. The third kappa shape index (κ3) is 6.94. The quantitative estimate of drug-likeness (QED) is 0.564. The van der Waals surface area contributed by atoms with Crippen LogP contribution in [0.4, 0.5) is 4.39 Å². The van der Waals surface area contributed by atoms with E-state index >= 15 is 0 Å². The number of hydrogen-bond acceptors (Lipinski definition) is 3. The van der Waals surface area contributed by atoms with Crippen LogP contribution < -0.4 is 0 Å². The predicted octanol–water partition coefficient (Wildman–Crippen LogP) is 5.01. The van der Waals surface area contributed by atoms with Gasteiger partial charge in [0.2, 0.25) is 11.8 Å². The molecule has 0 atom stereocenters. The molecule has 0 unspecified atom stereocenters. The second-order valence-electron chi connectivity index (χ2n) is 8.90. The monoisotopic (exact) mass is 428 g/mol. The molecule has 1 heterocycles. The Bertz CT molecular complexity index is 827. The van der Waals surface area contributed by atoms with Crippen molar-refractivity contribution in [3.05, 3.63) is 59.8 Å². The zero-order valence-electron chi connectivity index (χ0n) is 18.6. The Labute approximate surface area is 184 Å². The molecule has 1 aliphatic rings. The van der Waals surface area contributed by atoms with Crippen molar-refractivity contribution < 1.29 is 18.4 Å². The van der Waals surface area contributed by atoms with Crippen LogP contribution >= 0.6 is 0 Å². The van der Waals surface area contributed by atoms with Gasteiger partial charge in [-0.15, -0.1) is 0 Å². The van der Waals surface area contributed by atoms with Crippen LogP contribution in [0, 0.1) is 17.7 Å². The average Bonchev–Trinajstić information content (AvgIpc) is 3.27. The van der Waals surface area contributed by atoms with Gasteiger partial charge in [0.25, 0.3) is 0 Å². The van der Waals surface area contributed by atoms with E-state index in [0.29, 0.717) is 25.4 Å². The molecule has 1 aromatic heterocycles. The summed E-state index contributed by atoms with van der Waals surface area (Å²) in [5.74, 6) is 0.622. The molecule has 1 aromatic carbocycles.